The molecule has 0 radical (unpaired) electrons. The van der Waals surface area contributed by atoms with Crippen molar-refractivity contribution in [3.63, 3.8) is 0 Å². The summed E-state index contributed by atoms with van der Waals surface area (Å²) in [5, 5.41) is 13.4. The highest BCUT2D eigenvalue weighted by Gasteiger charge is 2.44. The van der Waals surface area contributed by atoms with Gasteiger partial charge in [0, 0.05) is 5.57 Å². The van der Waals surface area contributed by atoms with Gasteiger partial charge in [0.05, 0.1) is 47.4 Å². The van der Waals surface area contributed by atoms with Crippen LogP contribution < -0.4 is 19.5 Å². The smallest absolute Gasteiger partial charge is 0.295 e. The first-order valence-electron chi connectivity index (χ1n) is 9.71. The lowest BCUT2D eigenvalue weighted by Gasteiger charge is -2.27. The molecule has 1 aliphatic heterocycles. The van der Waals surface area contributed by atoms with Crippen LogP contribution in [0.4, 0.5) is 0 Å². The van der Waals surface area contributed by atoms with Crippen LogP contribution in [-0.2, 0) is 9.59 Å². The summed E-state index contributed by atoms with van der Waals surface area (Å²) in [6, 6.07) is 13.2. The Morgan fingerprint density at radius 3 is 2.30 bits per heavy atom. The van der Waals surface area contributed by atoms with Crippen molar-refractivity contribution < 1.29 is 29.1 Å². The number of benzene rings is 2. The molecule has 1 N–H and O–H groups in total. The van der Waals surface area contributed by atoms with Crippen LogP contribution in [0.3, 0.4) is 0 Å². The third kappa shape index (κ3) is 4.02. The molecular formula is C23H26N2O5. The molecule has 2 aromatic carbocycles. The van der Waals surface area contributed by atoms with Crippen LogP contribution in [0.15, 0.2) is 54.1 Å². The second kappa shape index (κ2) is 9.00. The van der Waals surface area contributed by atoms with E-state index in [-0.39, 0.29) is 11.1 Å². The molecule has 0 aromatic heterocycles. The van der Waals surface area contributed by atoms with Gasteiger partial charge >= 0.3 is 0 Å². The van der Waals surface area contributed by atoms with Gasteiger partial charge in [-0.25, -0.2) is 0 Å². The molecule has 1 aliphatic rings. The Kier molecular flexibility index (Phi) is 6.42. The number of likely N-dealkylation sites (N-methyl/N-ethyl adjacent to an activating group) is 1. The Labute approximate surface area is 176 Å². The molecule has 1 amide bonds. The minimum absolute atomic E-state index is 0.0350. The van der Waals surface area contributed by atoms with Crippen LogP contribution in [-0.4, -0.2) is 58.0 Å². The number of quaternary nitrogens is 1. The van der Waals surface area contributed by atoms with Gasteiger partial charge in [-0.15, -0.1) is 0 Å². The molecule has 7 nitrogen and oxygen atoms in total. The maximum Gasteiger partial charge on any atom is 0.295 e. The van der Waals surface area contributed by atoms with Crippen LogP contribution in [0, 0.1) is 0 Å². The average molecular weight is 410 g/mol. The normalized spacial score (nSPS) is 18.2. The van der Waals surface area contributed by atoms with Gasteiger partial charge in [0.25, 0.3) is 5.91 Å². The Balaban J connectivity index is 2.14. The number of methoxy groups -OCH3 is 2. The summed E-state index contributed by atoms with van der Waals surface area (Å²) >= 11 is 0. The number of hydrogen-bond donors (Lipinski definition) is 1. The lowest BCUT2D eigenvalue weighted by molar-refractivity contribution is -0.857. The summed E-state index contributed by atoms with van der Waals surface area (Å²) < 4.78 is 10.5. The van der Waals surface area contributed by atoms with Gasteiger partial charge in [0.15, 0.2) is 11.5 Å². The van der Waals surface area contributed by atoms with E-state index in [1.54, 1.807) is 12.1 Å². The van der Waals surface area contributed by atoms with Gasteiger partial charge in [-0.2, -0.15) is 0 Å². The number of hydrogen-bond acceptors (Lipinski definition) is 5. The maximum absolute atomic E-state index is 13.4. The zero-order valence-corrected chi connectivity index (χ0v) is 17.6. The van der Waals surface area contributed by atoms with Crippen molar-refractivity contribution in [2.75, 3.05) is 41.4 Å². The highest BCUT2D eigenvalue weighted by atomic mass is 16.5. The molecule has 158 valence electrons. The zero-order chi connectivity index (χ0) is 21.8. The molecular weight excluding hydrogens is 384 g/mol. The molecule has 1 fully saturated rings. The summed E-state index contributed by atoms with van der Waals surface area (Å²) in [5.41, 5.74) is 0.964. The Morgan fingerprint density at radius 1 is 1.03 bits per heavy atom. The van der Waals surface area contributed by atoms with Crippen molar-refractivity contribution in [3.8, 4) is 11.5 Å². The molecule has 1 heterocycles. The number of ether oxygens (including phenoxy) is 2. The number of carbonyl (C=O) groups is 2. The van der Waals surface area contributed by atoms with Crippen molar-refractivity contribution in [1.29, 1.82) is 0 Å². The standard InChI is InChI=1S/C23H26N2O5/c1-24(2)12-13-25-20(15-8-6-5-7-9-15)19(22(27)23(25)28)21(26)16-10-11-17(29-3)18(14-16)30-4/h5-11,14,20,26H,12-13H2,1-4H3/b21-19+. The Bertz CT molecular complexity index is 969. The van der Waals surface area contributed by atoms with Crippen LogP contribution >= 0.6 is 0 Å². The number of likely N-dealkylation sites (tertiary alicyclic amines) is 1. The highest BCUT2D eigenvalue weighted by molar-refractivity contribution is 6.46. The molecule has 2 aromatic rings. The fourth-order valence-corrected chi connectivity index (χ4v) is 3.56. The van der Waals surface area contributed by atoms with E-state index >= 15 is 0 Å². The fourth-order valence-electron chi connectivity index (χ4n) is 3.56. The van der Waals surface area contributed by atoms with Crippen molar-refractivity contribution in [2.24, 2.45) is 0 Å². The number of rotatable bonds is 7. The van der Waals surface area contributed by atoms with E-state index in [4.69, 9.17) is 9.47 Å². The average Bonchev–Trinajstić information content (AvgIpc) is 3.01. The van der Waals surface area contributed by atoms with Gasteiger partial charge < -0.3 is 24.4 Å². The summed E-state index contributed by atoms with van der Waals surface area (Å²) in [7, 11) is 6.92. The van der Waals surface area contributed by atoms with Crippen molar-refractivity contribution in [1.82, 2.24) is 4.90 Å². The van der Waals surface area contributed by atoms with Crippen molar-refractivity contribution >= 4 is 17.4 Å². The van der Waals surface area contributed by atoms with Gasteiger partial charge in [0.2, 0.25) is 5.78 Å². The number of ketones is 1. The molecule has 0 bridgehead atoms. The second-order valence-corrected chi connectivity index (χ2v) is 7.41. The summed E-state index contributed by atoms with van der Waals surface area (Å²) in [6.45, 7) is 1.02. The third-order valence-electron chi connectivity index (χ3n) is 5.14. The van der Waals surface area contributed by atoms with E-state index < -0.39 is 23.5 Å². The number of amides is 1. The number of carbonyl (C=O) groups excluding carboxylic acids is 2. The highest BCUT2D eigenvalue weighted by Crippen LogP contribution is 2.39. The summed E-state index contributed by atoms with van der Waals surface area (Å²) in [6.07, 6.45) is 0. The first-order chi connectivity index (χ1) is 14.4. The molecule has 7 heteroatoms. The van der Waals surface area contributed by atoms with Gasteiger partial charge in [-0.05, 0) is 23.3 Å². The number of nitrogens with one attached hydrogen (secondary N) is 1. The molecule has 0 aliphatic carbocycles. The lowest BCUT2D eigenvalue weighted by Crippen LogP contribution is -3.06. The van der Waals surface area contributed by atoms with E-state index in [0.29, 0.717) is 24.6 Å². The Morgan fingerprint density at radius 2 is 1.70 bits per heavy atom. The quantitative estimate of drug-likeness (QED) is 0.397. The van der Waals surface area contributed by atoms with E-state index in [1.807, 2.05) is 44.4 Å². The van der Waals surface area contributed by atoms with Crippen LogP contribution in [0.2, 0.25) is 0 Å². The van der Waals surface area contributed by atoms with Gasteiger partial charge in [-0.3, -0.25) is 9.59 Å². The van der Waals surface area contributed by atoms with Gasteiger partial charge in [0.1, 0.15) is 0 Å². The Hall–Kier alpha value is -3.32. The molecule has 30 heavy (non-hydrogen) atoms. The monoisotopic (exact) mass is 410 g/mol. The second-order valence-electron chi connectivity index (χ2n) is 7.41. The van der Waals surface area contributed by atoms with Crippen LogP contribution in [0.25, 0.3) is 5.76 Å². The van der Waals surface area contributed by atoms with Crippen molar-refractivity contribution in [3.05, 3.63) is 65.2 Å². The van der Waals surface area contributed by atoms with Crippen LogP contribution in [0.5, 0.6) is 11.5 Å². The fraction of sp³-hybridized carbons (Fsp3) is 0.304. The van der Waals surface area contributed by atoms with E-state index in [1.165, 1.54) is 25.2 Å². The molecule has 3 rings (SSSR count). The number of Topliss-reactive ketones (excluding diaryl/α,β-unsaturated/α-hetero) is 1. The summed E-state index contributed by atoms with van der Waals surface area (Å²) in [5.74, 6) is -1.03. The number of nitrogens with zero attached hydrogens (tertiary/aromatic N) is 1. The SMILES string of the molecule is COc1ccc(/C([O-])=C2\C(=O)C(=O)N(CC[NH+](C)C)C2c2ccccc2)cc1OC. The van der Waals surface area contributed by atoms with Crippen LogP contribution in [0.1, 0.15) is 17.2 Å². The minimum Gasteiger partial charge on any atom is -0.872 e. The lowest BCUT2D eigenvalue weighted by atomic mass is 9.95. The largest absolute Gasteiger partial charge is 0.872 e. The van der Waals surface area contributed by atoms with Crippen molar-refractivity contribution in [2.45, 2.75) is 6.04 Å². The molecule has 0 saturated carbocycles. The van der Waals surface area contributed by atoms with Gasteiger partial charge in [-0.1, -0.05) is 42.2 Å². The molecule has 1 unspecified atom stereocenters. The molecule has 1 atom stereocenters. The van der Waals surface area contributed by atoms with E-state index in [9.17, 15) is 14.7 Å². The topological polar surface area (TPSA) is 83.3 Å². The zero-order valence-electron chi connectivity index (χ0n) is 17.6. The first kappa shape index (κ1) is 21.4. The van der Waals surface area contributed by atoms with E-state index in [0.717, 1.165) is 10.5 Å². The summed E-state index contributed by atoms with van der Waals surface area (Å²) in [4.78, 5) is 28.4. The first-order valence-corrected chi connectivity index (χ1v) is 9.71. The van der Waals surface area contributed by atoms with E-state index in [2.05, 4.69) is 0 Å². The third-order valence-corrected chi connectivity index (χ3v) is 5.14. The predicted molar refractivity (Wildman–Crippen MR) is 110 cm³/mol. The maximum atomic E-state index is 13.4. The molecule has 0 spiro atoms. The minimum atomic E-state index is -0.752. The predicted octanol–water partition coefficient (Wildman–Crippen LogP) is 0.0723. The molecule has 1 saturated heterocycles.